The number of aliphatic hydroxyl groups is 1. The maximum atomic E-state index is 13.8. The molecule has 4 heterocycles. The third-order valence-electron chi connectivity index (χ3n) is 7.47. The largest absolute Gasteiger partial charge is 0.396 e. The molecule has 0 amide bonds. The molecule has 9 heteroatoms. The zero-order chi connectivity index (χ0) is 22.7. The number of aromatic nitrogens is 1. The number of nitrogens with zero attached hydrogens (tertiary/aromatic N) is 3. The SMILES string of the molecule is CCC1(CO)CN(c2c(Cl)cccc2S(=O)(=O)N2C[C@@H]3C[C@H](C2)c2cccc(=O)n2C3)C1. The quantitative estimate of drug-likeness (QED) is 0.715. The summed E-state index contributed by atoms with van der Waals surface area (Å²) < 4.78 is 31.0. The van der Waals surface area contributed by atoms with Crippen LogP contribution in [0.1, 0.15) is 31.4 Å². The Morgan fingerprint density at radius 1 is 1.12 bits per heavy atom. The topological polar surface area (TPSA) is 82.8 Å². The number of benzene rings is 1. The molecule has 172 valence electrons. The Hall–Kier alpha value is -1.87. The van der Waals surface area contributed by atoms with E-state index >= 15 is 0 Å². The number of halogens is 1. The highest BCUT2D eigenvalue weighted by Crippen LogP contribution is 2.44. The standard InChI is InChI=1S/C23H28ClN3O4S/c1-2-23(15-28)13-25(14-23)22-18(24)5-3-7-20(22)32(30,31)26-10-16-9-17(12-26)19-6-4-8-21(29)27(19)11-16/h3-8,16-17,28H,2,9-15H2,1H3/t16-,17+/m0/s1. The monoisotopic (exact) mass is 477 g/mol. The minimum absolute atomic E-state index is 0.0000480. The van der Waals surface area contributed by atoms with E-state index in [4.69, 9.17) is 11.6 Å². The molecule has 0 aliphatic carbocycles. The first-order valence-corrected chi connectivity index (χ1v) is 12.9. The van der Waals surface area contributed by atoms with Crippen LogP contribution in [-0.4, -0.2) is 55.2 Å². The highest BCUT2D eigenvalue weighted by atomic mass is 35.5. The zero-order valence-electron chi connectivity index (χ0n) is 18.1. The van der Waals surface area contributed by atoms with Gasteiger partial charge in [0.2, 0.25) is 10.0 Å². The van der Waals surface area contributed by atoms with Crippen molar-refractivity contribution in [3.8, 4) is 0 Å². The average molecular weight is 478 g/mol. The van der Waals surface area contributed by atoms with Gasteiger partial charge in [0.1, 0.15) is 4.90 Å². The van der Waals surface area contributed by atoms with Crippen molar-refractivity contribution in [2.75, 3.05) is 37.7 Å². The summed E-state index contributed by atoms with van der Waals surface area (Å²) in [5.41, 5.74) is 1.21. The van der Waals surface area contributed by atoms with E-state index in [1.165, 1.54) is 0 Å². The molecule has 0 unspecified atom stereocenters. The third-order valence-corrected chi connectivity index (χ3v) is 9.64. The third kappa shape index (κ3) is 3.39. The van der Waals surface area contributed by atoms with E-state index in [2.05, 4.69) is 0 Å². The van der Waals surface area contributed by atoms with Gasteiger partial charge in [0.15, 0.2) is 0 Å². The van der Waals surface area contributed by atoms with Crippen molar-refractivity contribution in [1.29, 1.82) is 0 Å². The summed E-state index contributed by atoms with van der Waals surface area (Å²) in [5.74, 6) is 0.102. The molecule has 2 fully saturated rings. The van der Waals surface area contributed by atoms with Gasteiger partial charge in [-0.15, -0.1) is 0 Å². The number of aliphatic hydroxyl groups excluding tert-OH is 1. The molecular formula is C23H28ClN3O4S. The molecule has 32 heavy (non-hydrogen) atoms. The van der Waals surface area contributed by atoms with Crippen LogP contribution in [0.4, 0.5) is 5.69 Å². The van der Waals surface area contributed by atoms with Gasteiger partial charge in [0, 0.05) is 55.8 Å². The summed E-state index contributed by atoms with van der Waals surface area (Å²) in [6.45, 7) is 4.54. The van der Waals surface area contributed by atoms with E-state index in [1.807, 2.05) is 17.9 Å². The minimum atomic E-state index is -3.78. The van der Waals surface area contributed by atoms with Gasteiger partial charge in [-0.25, -0.2) is 8.42 Å². The number of pyridine rings is 1. The van der Waals surface area contributed by atoms with Crippen LogP contribution in [0.3, 0.4) is 0 Å². The first kappa shape index (κ1) is 21.9. The Balaban J connectivity index is 1.48. The molecule has 1 aromatic heterocycles. The normalized spacial score (nSPS) is 24.7. The lowest BCUT2D eigenvalue weighted by atomic mass is 9.78. The second-order valence-corrected chi connectivity index (χ2v) is 11.8. The van der Waals surface area contributed by atoms with E-state index < -0.39 is 10.0 Å². The summed E-state index contributed by atoms with van der Waals surface area (Å²) in [7, 11) is -3.78. The summed E-state index contributed by atoms with van der Waals surface area (Å²) in [4.78, 5) is 14.5. The van der Waals surface area contributed by atoms with Crippen molar-refractivity contribution in [3.05, 3.63) is 57.5 Å². The van der Waals surface area contributed by atoms with Gasteiger partial charge in [-0.05, 0) is 37.0 Å². The van der Waals surface area contributed by atoms with Gasteiger partial charge in [-0.1, -0.05) is 30.7 Å². The lowest BCUT2D eigenvalue weighted by molar-refractivity contribution is 0.0879. The molecule has 2 atom stereocenters. The zero-order valence-corrected chi connectivity index (χ0v) is 19.6. The number of para-hydroxylation sites is 1. The van der Waals surface area contributed by atoms with Gasteiger partial charge < -0.3 is 14.6 Å². The Kier molecular flexibility index (Phi) is 5.40. The second kappa shape index (κ2) is 7.87. The van der Waals surface area contributed by atoms with Crippen molar-refractivity contribution in [3.63, 3.8) is 0 Å². The Morgan fingerprint density at radius 3 is 2.59 bits per heavy atom. The number of hydrogen-bond acceptors (Lipinski definition) is 5. The first-order valence-electron chi connectivity index (χ1n) is 11.1. The fourth-order valence-electron chi connectivity index (χ4n) is 5.56. The van der Waals surface area contributed by atoms with Crippen LogP contribution in [0.5, 0.6) is 0 Å². The maximum absolute atomic E-state index is 13.8. The highest BCUT2D eigenvalue weighted by molar-refractivity contribution is 7.89. The first-order chi connectivity index (χ1) is 15.3. The molecule has 3 aliphatic heterocycles. The maximum Gasteiger partial charge on any atom is 0.250 e. The fourth-order valence-corrected chi connectivity index (χ4v) is 7.70. The van der Waals surface area contributed by atoms with Crippen LogP contribution in [0.2, 0.25) is 5.02 Å². The summed E-state index contributed by atoms with van der Waals surface area (Å²) in [6.07, 6.45) is 1.71. The van der Waals surface area contributed by atoms with E-state index in [0.717, 1.165) is 18.5 Å². The number of fused-ring (bicyclic) bond motifs is 4. The van der Waals surface area contributed by atoms with E-state index in [0.29, 0.717) is 43.4 Å². The molecular weight excluding hydrogens is 450 g/mol. The summed E-state index contributed by atoms with van der Waals surface area (Å²) in [5, 5.41) is 10.2. The number of piperidine rings is 1. The molecule has 5 rings (SSSR count). The van der Waals surface area contributed by atoms with Crippen LogP contribution < -0.4 is 10.5 Å². The van der Waals surface area contributed by atoms with E-state index in [9.17, 15) is 18.3 Å². The Morgan fingerprint density at radius 2 is 1.88 bits per heavy atom. The summed E-state index contributed by atoms with van der Waals surface area (Å²) in [6, 6.07) is 10.3. The molecule has 0 saturated carbocycles. The number of rotatable bonds is 5. The average Bonchev–Trinajstić information content (AvgIpc) is 2.75. The van der Waals surface area contributed by atoms with Crippen molar-refractivity contribution in [2.24, 2.45) is 11.3 Å². The lowest BCUT2D eigenvalue weighted by Crippen LogP contribution is -2.58. The van der Waals surface area contributed by atoms with Crippen LogP contribution in [-0.2, 0) is 16.6 Å². The molecule has 2 saturated heterocycles. The van der Waals surface area contributed by atoms with Crippen molar-refractivity contribution in [2.45, 2.75) is 37.1 Å². The van der Waals surface area contributed by atoms with Crippen LogP contribution in [0.25, 0.3) is 0 Å². The van der Waals surface area contributed by atoms with Gasteiger partial charge in [0.25, 0.3) is 5.56 Å². The molecule has 7 nitrogen and oxygen atoms in total. The molecule has 2 bridgehead atoms. The number of hydrogen-bond donors (Lipinski definition) is 1. The number of sulfonamides is 1. The van der Waals surface area contributed by atoms with E-state index in [1.54, 1.807) is 39.2 Å². The molecule has 3 aliphatic rings. The summed E-state index contributed by atoms with van der Waals surface area (Å²) >= 11 is 6.52. The molecule has 2 aromatic rings. The van der Waals surface area contributed by atoms with E-state index in [-0.39, 0.29) is 34.3 Å². The predicted octanol–water partition coefficient (Wildman–Crippen LogP) is 2.52. The Labute approximate surface area is 193 Å². The van der Waals surface area contributed by atoms with Gasteiger partial charge in [-0.2, -0.15) is 4.31 Å². The van der Waals surface area contributed by atoms with Crippen molar-refractivity contribution in [1.82, 2.24) is 8.87 Å². The fraction of sp³-hybridized carbons (Fsp3) is 0.522. The lowest BCUT2D eigenvalue weighted by Gasteiger charge is -2.51. The second-order valence-electron chi connectivity index (χ2n) is 9.47. The van der Waals surface area contributed by atoms with Crippen LogP contribution >= 0.6 is 11.6 Å². The highest BCUT2D eigenvalue weighted by Gasteiger charge is 2.45. The molecule has 0 spiro atoms. The van der Waals surface area contributed by atoms with Gasteiger partial charge >= 0.3 is 0 Å². The van der Waals surface area contributed by atoms with Crippen molar-refractivity contribution < 1.29 is 13.5 Å². The van der Waals surface area contributed by atoms with Gasteiger partial charge in [0.05, 0.1) is 17.3 Å². The minimum Gasteiger partial charge on any atom is -0.396 e. The number of anilines is 1. The van der Waals surface area contributed by atoms with Crippen molar-refractivity contribution >= 4 is 27.3 Å². The Bertz CT molecular complexity index is 1200. The van der Waals surface area contributed by atoms with Crippen LogP contribution in [0.15, 0.2) is 46.1 Å². The predicted molar refractivity (Wildman–Crippen MR) is 124 cm³/mol. The molecule has 1 N–H and O–H groups in total. The molecule has 1 aromatic carbocycles. The molecule has 0 radical (unpaired) electrons. The van der Waals surface area contributed by atoms with Crippen LogP contribution in [0, 0.1) is 11.3 Å². The van der Waals surface area contributed by atoms with Gasteiger partial charge in [-0.3, -0.25) is 4.79 Å². The smallest absolute Gasteiger partial charge is 0.250 e.